The minimum Gasteiger partial charge on any atom is -0.464 e. The van der Waals surface area contributed by atoms with E-state index in [0.29, 0.717) is 17.9 Å². The van der Waals surface area contributed by atoms with Gasteiger partial charge in [-0.1, -0.05) is 12.1 Å². The number of rotatable bonds is 5. The predicted molar refractivity (Wildman–Crippen MR) is 82.2 cm³/mol. The van der Waals surface area contributed by atoms with Crippen LogP contribution < -0.4 is 16.4 Å². The van der Waals surface area contributed by atoms with Gasteiger partial charge in [-0.2, -0.15) is 0 Å². The first kappa shape index (κ1) is 15.6. The second kappa shape index (κ2) is 6.80. The van der Waals surface area contributed by atoms with Crippen LogP contribution in [0.25, 0.3) is 0 Å². The van der Waals surface area contributed by atoms with E-state index in [1.54, 1.807) is 24.3 Å². The zero-order valence-corrected chi connectivity index (χ0v) is 12.6. The maximum absolute atomic E-state index is 12.2. The van der Waals surface area contributed by atoms with E-state index >= 15 is 0 Å². The molecule has 6 heteroatoms. The molecule has 0 aliphatic heterocycles. The fraction of sp³-hybridized carbons (Fsp3) is 0.250. The summed E-state index contributed by atoms with van der Waals surface area (Å²) in [6, 6.07) is 9.86. The largest absolute Gasteiger partial charge is 0.464 e. The summed E-state index contributed by atoms with van der Waals surface area (Å²) in [7, 11) is 0. The van der Waals surface area contributed by atoms with Gasteiger partial charge in [0.15, 0.2) is 0 Å². The van der Waals surface area contributed by atoms with Crippen LogP contribution in [-0.4, -0.2) is 11.9 Å². The van der Waals surface area contributed by atoms with Crippen LogP contribution in [0.15, 0.2) is 40.8 Å². The van der Waals surface area contributed by atoms with Crippen LogP contribution in [0.5, 0.6) is 0 Å². The number of primary amides is 1. The number of nitrogens with two attached hydrogens (primary N) is 1. The molecular formula is C16H19N3O3. The molecule has 0 saturated heterocycles. The highest BCUT2D eigenvalue weighted by Gasteiger charge is 2.14. The first-order chi connectivity index (χ1) is 10.5. The smallest absolute Gasteiger partial charge is 0.312 e. The zero-order valence-electron chi connectivity index (χ0n) is 12.6. The van der Waals surface area contributed by atoms with Gasteiger partial charge in [-0.25, -0.2) is 4.79 Å². The molecule has 2 rings (SSSR count). The molecule has 1 unspecified atom stereocenters. The van der Waals surface area contributed by atoms with Crippen molar-refractivity contribution in [2.45, 2.75) is 26.4 Å². The van der Waals surface area contributed by atoms with Gasteiger partial charge in [0.05, 0.1) is 6.04 Å². The molecule has 0 aliphatic rings. The summed E-state index contributed by atoms with van der Waals surface area (Å²) in [6.07, 6.45) is 0. The van der Waals surface area contributed by atoms with E-state index in [1.807, 2.05) is 26.0 Å². The number of carbonyl (C=O) groups excluding carboxylic acids is 2. The van der Waals surface area contributed by atoms with Crippen molar-refractivity contribution in [2.24, 2.45) is 5.73 Å². The minimum absolute atomic E-state index is 0.184. The second-order valence-corrected chi connectivity index (χ2v) is 5.06. The fourth-order valence-electron chi connectivity index (χ4n) is 2.00. The normalized spacial score (nSPS) is 11.7. The highest BCUT2D eigenvalue weighted by Crippen LogP contribution is 2.16. The summed E-state index contributed by atoms with van der Waals surface area (Å²) in [4.78, 5) is 22.8. The Labute approximate surface area is 128 Å². The summed E-state index contributed by atoms with van der Waals surface area (Å²) in [6.45, 7) is 4.05. The maximum Gasteiger partial charge on any atom is 0.312 e. The van der Waals surface area contributed by atoms with Gasteiger partial charge in [-0.05, 0) is 43.7 Å². The van der Waals surface area contributed by atoms with E-state index < -0.39 is 6.03 Å². The van der Waals surface area contributed by atoms with Gasteiger partial charge < -0.3 is 20.8 Å². The lowest BCUT2D eigenvalue weighted by atomic mass is 10.1. The quantitative estimate of drug-likeness (QED) is 0.790. The molecule has 0 saturated carbocycles. The Morgan fingerprint density at radius 1 is 1.18 bits per heavy atom. The summed E-state index contributed by atoms with van der Waals surface area (Å²) < 4.78 is 5.49. The monoisotopic (exact) mass is 301 g/mol. The molecule has 2 aromatic rings. The van der Waals surface area contributed by atoms with E-state index in [1.165, 1.54) is 0 Å². The number of furan rings is 1. The van der Waals surface area contributed by atoms with Crippen molar-refractivity contribution in [1.29, 1.82) is 0 Å². The van der Waals surface area contributed by atoms with Gasteiger partial charge in [0.2, 0.25) is 0 Å². The van der Waals surface area contributed by atoms with E-state index in [9.17, 15) is 9.59 Å². The summed E-state index contributed by atoms with van der Waals surface area (Å²) >= 11 is 0. The number of hydrogen-bond donors (Lipinski definition) is 3. The lowest BCUT2D eigenvalue weighted by Gasteiger charge is -2.12. The van der Waals surface area contributed by atoms with Gasteiger partial charge in [0, 0.05) is 12.1 Å². The second-order valence-electron chi connectivity index (χ2n) is 5.06. The number of benzene rings is 1. The average molecular weight is 301 g/mol. The van der Waals surface area contributed by atoms with Crippen molar-refractivity contribution in [2.75, 3.05) is 0 Å². The Morgan fingerprint density at radius 3 is 2.41 bits per heavy atom. The van der Waals surface area contributed by atoms with Crippen LogP contribution in [0.1, 0.15) is 40.4 Å². The van der Waals surface area contributed by atoms with Crippen molar-refractivity contribution in [3.05, 3.63) is 59.0 Å². The Balaban J connectivity index is 1.96. The van der Waals surface area contributed by atoms with Crippen LogP contribution in [0, 0.1) is 6.92 Å². The summed E-state index contributed by atoms with van der Waals surface area (Å²) in [5.41, 5.74) is 6.41. The van der Waals surface area contributed by atoms with E-state index in [0.717, 1.165) is 11.3 Å². The number of hydrogen-bond acceptors (Lipinski definition) is 3. The molecule has 0 radical (unpaired) electrons. The third kappa shape index (κ3) is 4.12. The SMILES string of the molecule is Cc1ccc(C(C)NC(=O)c2ccc(CNC(N)=O)cc2)o1. The van der Waals surface area contributed by atoms with Crippen molar-refractivity contribution in [1.82, 2.24) is 10.6 Å². The van der Waals surface area contributed by atoms with Crippen molar-refractivity contribution < 1.29 is 14.0 Å². The molecule has 0 spiro atoms. The average Bonchev–Trinajstić information content (AvgIpc) is 2.92. The van der Waals surface area contributed by atoms with Crippen LogP contribution >= 0.6 is 0 Å². The summed E-state index contributed by atoms with van der Waals surface area (Å²) in [5, 5.41) is 5.37. The van der Waals surface area contributed by atoms with Gasteiger partial charge in [-0.3, -0.25) is 4.79 Å². The van der Waals surface area contributed by atoms with Gasteiger partial charge in [0.25, 0.3) is 5.91 Å². The zero-order chi connectivity index (χ0) is 16.1. The topological polar surface area (TPSA) is 97.4 Å². The lowest BCUT2D eigenvalue weighted by molar-refractivity contribution is 0.0935. The molecule has 116 valence electrons. The van der Waals surface area contributed by atoms with Crippen molar-refractivity contribution in [3.63, 3.8) is 0 Å². The van der Waals surface area contributed by atoms with Gasteiger partial charge in [-0.15, -0.1) is 0 Å². The standard InChI is InChI=1S/C16H19N3O3/c1-10-3-8-14(22-10)11(2)19-15(20)13-6-4-12(5-7-13)9-18-16(17)21/h3-8,11H,9H2,1-2H3,(H,19,20)(H3,17,18,21). The van der Waals surface area contributed by atoms with Crippen molar-refractivity contribution in [3.8, 4) is 0 Å². The van der Waals surface area contributed by atoms with Crippen LogP contribution in [0.3, 0.4) is 0 Å². The van der Waals surface area contributed by atoms with E-state index in [4.69, 9.17) is 10.2 Å². The van der Waals surface area contributed by atoms with E-state index in [2.05, 4.69) is 10.6 Å². The Kier molecular flexibility index (Phi) is 4.83. The maximum atomic E-state index is 12.2. The number of aryl methyl sites for hydroxylation is 1. The number of urea groups is 1. The molecule has 6 nitrogen and oxygen atoms in total. The van der Waals surface area contributed by atoms with Gasteiger partial charge in [0.1, 0.15) is 11.5 Å². The lowest BCUT2D eigenvalue weighted by Crippen LogP contribution is -2.28. The molecule has 1 atom stereocenters. The molecule has 0 bridgehead atoms. The van der Waals surface area contributed by atoms with Crippen LogP contribution in [0.2, 0.25) is 0 Å². The molecule has 1 aromatic heterocycles. The molecule has 4 N–H and O–H groups in total. The Bertz CT molecular complexity index is 662. The molecular weight excluding hydrogens is 282 g/mol. The Hall–Kier alpha value is -2.76. The molecule has 22 heavy (non-hydrogen) atoms. The first-order valence-corrected chi connectivity index (χ1v) is 6.95. The molecule has 1 heterocycles. The van der Waals surface area contributed by atoms with Crippen molar-refractivity contribution >= 4 is 11.9 Å². The van der Waals surface area contributed by atoms with Gasteiger partial charge >= 0.3 is 6.03 Å². The highest BCUT2D eigenvalue weighted by atomic mass is 16.3. The molecule has 3 amide bonds. The minimum atomic E-state index is -0.579. The Morgan fingerprint density at radius 2 is 1.86 bits per heavy atom. The van der Waals surface area contributed by atoms with E-state index in [-0.39, 0.29) is 11.9 Å². The molecule has 1 aromatic carbocycles. The highest BCUT2D eigenvalue weighted by molar-refractivity contribution is 5.94. The number of nitrogens with one attached hydrogen (secondary N) is 2. The van der Waals surface area contributed by atoms with Crippen LogP contribution in [0.4, 0.5) is 4.79 Å². The number of carbonyl (C=O) groups is 2. The number of amides is 3. The third-order valence-corrected chi connectivity index (χ3v) is 3.22. The first-order valence-electron chi connectivity index (χ1n) is 6.95. The summed E-state index contributed by atoms with van der Waals surface area (Å²) in [5.74, 6) is 1.34. The third-order valence-electron chi connectivity index (χ3n) is 3.22. The fourth-order valence-corrected chi connectivity index (χ4v) is 2.00. The molecule has 0 fully saturated rings. The predicted octanol–water partition coefficient (Wildman–Crippen LogP) is 2.25. The van der Waals surface area contributed by atoms with Crippen LogP contribution in [-0.2, 0) is 6.54 Å². The molecule has 0 aliphatic carbocycles.